The van der Waals surface area contributed by atoms with E-state index < -0.39 is 38.9 Å². The number of carbonyl (C=O) groups is 1. The second-order valence-electron chi connectivity index (χ2n) is 5.44. The van der Waals surface area contributed by atoms with E-state index in [4.69, 9.17) is 5.26 Å². The van der Waals surface area contributed by atoms with E-state index in [0.717, 1.165) is 16.6 Å². The van der Waals surface area contributed by atoms with Crippen LogP contribution in [0.5, 0.6) is 0 Å². The minimum Gasteiger partial charge on any atom is -0.350 e. The van der Waals surface area contributed by atoms with Gasteiger partial charge in [-0.15, -0.1) is 0 Å². The van der Waals surface area contributed by atoms with E-state index in [9.17, 15) is 26.4 Å². The maximum atomic E-state index is 13.6. The molecule has 0 heterocycles. The summed E-state index contributed by atoms with van der Waals surface area (Å²) in [7, 11) is -3.79. The Morgan fingerprint density at radius 1 is 1.15 bits per heavy atom. The lowest BCUT2D eigenvalue weighted by molar-refractivity contribution is 0.0949. The average Bonchev–Trinajstić information content (AvgIpc) is 2.62. The zero-order valence-electron chi connectivity index (χ0n) is 14.0. The molecule has 10 heteroatoms. The van der Waals surface area contributed by atoms with Crippen LogP contribution < -0.4 is 9.62 Å². The first-order valence-corrected chi connectivity index (χ1v) is 9.40. The number of nitrogens with zero attached hydrogens (tertiary/aromatic N) is 2. The third kappa shape index (κ3) is 4.57. The highest BCUT2D eigenvalue weighted by Crippen LogP contribution is 2.21. The van der Waals surface area contributed by atoms with Gasteiger partial charge in [-0.2, -0.15) is 5.26 Å². The molecule has 0 saturated carbocycles. The first-order valence-electron chi connectivity index (χ1n) is 7.55. The lowest BCUT2D eigenvalue weighted by Crippen LogP contribution is -2.38. The largest absolute Gasteiger partial charge is 0.350 e. The van der Waals surface area contributed by atoms with E-state index in [1.165, 1.54) is 12.1 Å². The highest BCUT2D eigenvalue weighted by atomic mass is 32.2. The molecule has 1 N–H and O–H groups in total. The van der Waals surface area contributed by atoms with Gasteiger partial charge < -0.3 is 5.32 Å². The van der Waals surface area contributed by atoms with Gasteiger partial charge in [-0.3, -0.25) is 9.10 Å². The molecule has 2 aromatic rings. The van der Waals surface area contributed by atoms with Crippen LogP contribution in [0.2, 0.25) is 0 Å². The third-order valence-electron chi connectivity index (χ3n) is 3.57. The molecule has 0 aliphatic rings. The molecule has 0 saturated heterocycles. The van der Waals surface area contributed by atoms with Crippen molar-refractivity contribution in [2.75, 3.05) is 23.7 Å². The van der Waals surface area contributed by atoms with Gasteiger partial charge in [0, 0.05) is 6.54 Å². The van der Waals surface area contributed by atoms with Crippen molar-refractivity contribution in [3.63, 3.8) is 0 Å². The lowest BCUT2D eigenvalue weighted by atomic mass is 10.2. The van der Waals surface area contributed by atoms with Crippen LogP contribution in [0.4, 0.5) is 18.9 Å². The van der Waals surface area contributed by atoms with E-state index in [0.29, 0.717) is 6.07 Å². The minimum absolute atomic E-state index is 0.112. The molecule has 27 heavy (non-hydrogen) atoms. The van der Waals surface area contributed by atoms with Crippen molar-refractivity contribution in [1.82, 2.24) is 5.32 Å². The van der Waals surface area contributed by atoms with Gasteiger partial charge in [-0.05, 0) is 24.3 Å². The first-order chi connectivity index (χ1) is 12.7. The molecule has 0 bridgehead atoms. The number of para-hydroxylation sites is 1. The second kappa shape index (κ2) is 8.09. The van der Waals surface area contributed by atoms with Gasteiger partial charge >= 0.3 is 0 Å². The fraction of sp³-hybridized carbons (Fsp3) is 0.176. The third-order valence-corrected chi connectivity index (χ3v) is 4.75. The first kappa shape index (κ1) is 20.3. The summed E-state index contributed by atoms with van der Waals surface area (Å²) >= 11 is 0. The van der Waals surface area contributed by atoms with Crippen LogP contribution in [-0.2, 0) is 10.0 Å². The van der Waals surface area contributed by atoms with Crippen molar-refractivity contribution >= 4 is 21.6 Å². The van der Waals surface area contributed by atoms with E-state index >= 15 is 0 Å². The summed E-state index contributed by atoms with van der Waals surface area (Å²) in [5.41, 5.74) is -0.478. The van der Waals surface area contributed by atoms with Gasteiger partial charge in [0.25, 0.3) is 5.91 Å². The van der Waals surface area contributed by atoms with Crippen molar-refractivity contribution in [3.8, 4) is 6.07 Å². The van der Waals surface area contributed by atoms with Gasteiger partial charge in [0.05, 0.1) is 29.6 Å². The molecule has 0 aliphatic carbocycles. The maximum absolute atomic E-state index is 13.6. The summed E-state index contributed by atoms with van der Waals surface area (Å²) in [5, 5.41) is 11.4. The van der Waals surface area contributed by atoms with E-state index in [-0.39, 0.29) is 24.3 Å². The summed E-state index contributed by atoms with van der Waals surface area (Å²) in [4.78, 5) is 12.0. The smallest absolute Gasteiger partial charge is 0.254 e. The maximum Gasteiger partial charge on any atom is 0.254 e. The number of hydrogen-bond acceptors (Lipinski definition) is 4. The average molecular weight is 397 g/mol. The van der Waals surface area contributed by atoms with Crippen LogP contribution in [0.15, 0.2) is 36.4 Å². The number of nitriles is 1. The van der Waals surface area contributed by atoms with Gasteiger partial charge in [0.15, 0.2) is 17.5 Å². The highest BCUT2D eigenvalue weighted by Gasteiger charge is 2.22. The lowest BCUT2D eigenvalue weighted by Gasteiger charge is -2.23. The molecule has 6 nitrogen and oxygen atoms in total. The molecule has 0 aromatic heterocycles. The van der Waals surface area contributed by atoms with Crippen LogP contribution in [0.1, 0.15) is 15.9 Å². The van der Waals surface area contributed by atoms with Crippen LogP contribution in [0.25, 0.3) is 0 Å². The summed E-state index contributed by atoms with van der Waals surface area (Å²) in [5.74, 6) is -5.88. The Morgan fingerprint density at radius 2 is 1.81 bits per heavy atom. The normalized spacial score (nSPS) is 10.9. The molecule has 0 atom stereocenters. The number of benzene rings is 2. The van der Waals surface area contributed by atoms with Crippen molar-refractivity contribution in [1.29, 1.82) is 5.26 Å². The van der Waals surface area contributed by atoms with Gasteiger partial charge in [-0.25, -0.2) is 21.6 Å². The predicted octanol–water partition coefficient (Wildman–Crippen LogP) is 2.17. The van der Waals surface area contributed by atoms with Crippen LogP contribution in [0, 0.1) is 28.8 Å². The number of carbonyl (C=O) groups excluding carboxylic acids is 1. The summed E-state index contributed by atoms with van der Waals surface area (Å²) in [6, 6.07) is 9.23. The Hall–Kier alpha value is -3.06. The van der Waals surface area contributed by atoms with Gasteiger partial charge in [-0.1, -0.05) is 12.1 Å². The molecule has 1 amide bonds. The molecular formula is C17H14F3N3O3S. The Labute approximate surface area is 153 Å². The van der Waals surface area contributed by atoms with Crippen LogP contribution >= 0.6 is 0 Å². The quantitative estimate of drug-likeness (QED) is 0.757. The number of sulfonamides is 1. The number of anilines is 1. The van der Waals surface area contributed by atoms with Crippen LogP contribution in [-0.4, -0.2) is 33.7 Å². The predicted molar refractivity (Wildman–Crippen MR) is 92.0 cm³/mol. The molecule has 2 aromatic carbocycles. The molecule has 0 unspecified atom stereocenters. The minimum atomic E-state index is -3.79. The van der Waals surface area contributed by atoms with Gasteiger partial charge in [0.2, 0.25) is 10.0 Å². The Bertz CT molecular complexity index is 1020. The highest BCUT2D eigenvalue weighted by molar-refractivity contribution is 7.92. The molecule has 0 aliphatic heterocycles. The zero-order chi connectivity index (χ0) is 20.2. The molecule has 2 rings (SSSR count). The Kier molecular flexibility index (Phi) is 6.07. The number of amides is 1. The number of hydrogen-bond donors (Lipinski definition) is 1. The van der Waals surface area contributed by atoms with Crippen molar-refractivity contribution in [2.24, 2.45) is 0 Å². The molecule has 0 spiro atoms. The SMILES string of the molecule is CS(=O)(=O)N(CCNC(=O)c1ccc(F)c(F)c1F)c1ccccc1C#N. The second-order valence-corrected chi connectivity index (χ2v) is 7.35. The molecular weight excluding hydrogens is 383 g/mol. The Balaban J connectivity index is 2.17. The number of nitrogens with one attached hydrogen (secondary N) is 1. The van der Waals surface area contributed by atoms with Crippen molar-refractivity contribution in [3.05, 3.63) is 65.0 Å². The number of rotatable bonds is 6. The standard InChI is InChI=1S/C17H14F3N3O3S/c1-27(25,26)23(14-5-3-2-4-11(14)10-21)9-8-22-17(24)12-6-7-13(18)16(20)15(12)19/h2-7H,8-9H2,1H3,(H,22,24). The zero-order valence-corrected chi connectivity index (χ0v) is 14.9. The van der Waals surface area contributed by atoms with E-state index in [2.05, 4.69) is 5.32 Å². The monoisotopic (exact) mass is 397 g/mol. The van der Waals surface area contributed by atoms with Crippen LogP contribution in [0.3, 0.4) is 0 Å². The number of halogens is 3. The topological polar surface area (TPSA) is 90.3 Å². The van der Waals surface area contributed by atoms with E-state index in [1.54, 1.807) is 12.1 Å². The fourth-order valence-corrected chi connectivity index (χ4v) is 3.26. The van der Waals surface area contributed by atoms with E-state index in [1.807, 2.05) is 6.07 Å². The molecule has 142 valence electrons. The molecule has 0 fully saturated rings. The summed E-state index contributed by atoms with van der Waals surface area (Å²) in [6.07, 6.45) is 0.929. The van der Waals surface area contributed by atoms with Crippen molar-refractivity contribution in [2.45, 2.75) is 0 Å². The summed E-state index contributed by atoms with van der Waals surface area (Å²) in [6.45, 7) is -0.515. The fourth-order valence-electron chi connectivity index (χ4n) is 2.32. The van der Waals surface area contributed by atoms with Gasteiger partial charge in [0.1, 0.15) is 6.07 Å². The molecule has 0 radical (unpaired) electrons. The Morgan fingerprint density at radius 3 is 2.44 bits per heavy atom. The van der Waals surface area contributed by atoms with Crippen molar-refractivity contribution < 1.29 is 26.4 Å². The summed E-state index contributed by atoms with van der Waals surface area (Å²) < 4.78 is 64.8.